The number of methoxy groups -OCH3 is 1. The predicted octanol–water partition coefficient (Wildman–Crippen LogP) is 3.90. The minimum absolute atomic E-state index is 0.116. The number of amides is 2. The number of benzene rings is 2. The number of halogens is 4. The van der Waals surface area contributed by atoms with E-state index in [2.05, 4.69) is 5.32 Å². The fourth-order valence-electron chi connectivity index (χ4n) is 3.34. The second-order valence-corrected chi connectivity index (χ2v) is 7.43. The summed E-state index contributed by atoms with van der Waals surface area (Å²) in [6, 6.07) is 10.3. The monoisotopic (exact) mass is 440 g/mol. The highest BCUT2D eigenvalue weighted by Gasteiger charge is 2.40. The summed E-state index contributed by atoms with van der Waals surface area (Å²) in [6.45, 7) is 0.348. The third kappa shape index (κ3) is 5.12. The molecule has 2 amide bonds. The van der Waals surface area contributed by atoms with Gasteiger partial charge in [0.15, 0.2) is 0 Å². The van der Waals surface area contributed by atoms with Crippen molar-refractivity contribution in [3.05, 3.63) is 70.2 Å². The Morgan fingerprint density at radius 2 is 1.90 bits per heavy atom. The third-order valence-corrected chi connectivity index (χ3v) is 5.23. The van der Waals surface area contributed by atoms with Crippen LogP contribution >= 0.6 is 11.6 Å². The van der Waals surface area contributed by atoms with E-state index in [0.29, 0.717) is 5.02 Å². The quantitative estimate of drug-likeness (QED) is 0.767. The molecule has 1 saturated heterocycles. The van der Waals surface area contributed by atoms with Crippen molar-refractivity contribution in [2.45, 2.75) is 31.3 Å². The first-order valence-corrected chi connectivity index (χ1v) is 9.60. The number of rotatable bonds is 5. The number of likely N-dealkylation sites (tertiary alicyclic amines) is 1. The second-order valence-electron chi connectivity index (χ2n) is 6.99. The van der Waals surface area contributed by atoms with E-state index < -0.39 is 29.6 Å². The summed E-state index contributed by atoms with van der Waals surface area (Å²) in [7, 11) is 1.46. The zero-order valence-electron chi connectivity index (χ0n) is 16.1. The van der Waals surface area contributed by atoms with Crippen LogP contribution in [-0.2, 0) is 22.3 Å². The summed E-state index contributed by atoms with van der Waals surface area (Å²) in [5.41, 5.74) is -0.221. The fraction of sp³-hybridized carbons (Fsp3) is 0.333. The Hall–Kier alpha value is -2.58. The van der Waals surface area contributed by atoms with Crippen LogP contribution in [0.3, 0.4) is 0 Å². The van der Waals surface area contributed by atoms with Gasteiger partial charge in [0.25, 0.3) is 5.91 Å². The van der Waals surface area contributed by atoms with Gasteiger partial charge in [-0.25, -0.2) is 0 Å². The molecule has 2 aromatic rings. The maximum absolute atomic E-state index is 13.0. The first-order valence-electron chi connectivity index (χ1n) is 9.22. The molecule has 0 saturated carbocycles. The number of alkyl halides is 3. The Labute approximate surface area is 176 Å². The summed E-state index contributed by atoms with van der Waals surface area (Å²) >= 11 is 5.85. The standard InChI is InChI=1S/C21H20ClF3N2O3/c1-30-17-10-18(19(28)26-11-13-5-7-16(22)8-6-13)27(12-17)20(29)14-3-2-4-15(9-14)21(23,24)25/h2-9,17-18H,10-12H2,1H3,(H,26,28)/t17-,18+/m1/s1. The van der Waals surface area contributed by atoms with Crippen LogP contribution in [0.5, 0.6) is 0 Å². The summed E-state index contributed by atoms with van der Waals surface area (Å²) in [6.07, 6.45) is -4.69. The van der Waals surface area contributed by atoms with Crippen molar-refractivity contribution in [2.24, 2.45) is 0 Å². The molecule has 30 heavy (non-hydrogen) atoms. The zero-order chi connectivity index (χ0) is 21.9. The lowest BCUT2D eigenvalue weighted by molar-refractivity contribution is -0.137. The molecule has 1 aliphatic heterocycles. The molecule has 1 fully saturated rings. The largest absolute Gasteiger partial charge is 0.416 e. The maximum Gasteiger partial charge on any atom is 0.416 e. The highest BCUT2D eigenvalue weighted by atomic mass is 35.5. The molecule has 0 bridgehead atoms. The van der Waals surface area contributed by atoms with Gasteiger partial charge < -0.3 is 15.0 Å². The van der Waals surface area contributed by atoms with Gasteiger partial charge in [0.05, 0.1) is 11.7 Å². The SMILES string of the molecule is CO[C@@H]1C[C@@H](C(=O)NCc2ccc(Cl)cc2)N(C(=O)c2cccc(C(F)(F)F)c2)C1. The van der Waals surface area contributed by atoms with E-state index in [1.807, 2.05) is 0 Å². The molecule has 1 N–H and O–H groups in total. The highest BCUT2D eigenvalue weighted by molar-refractivity contribution is 6.30. The van der Waals surface area contributed by atoms with Crippen molar-refractivity contribution in [3.63, 3.8) is 0 Å². The van der Waals surface area contributed by atoms with Gasteiger partial charge >= 0.3 is 6.18 Å². The maximum atomic E-state index is 13.0. The molecule has 0 radical (unpaired) electrons. The predicted molar refractivity (Wildman–Crippen MR) is 105 cm³/mol. The second kappa shape index (κ2) is 9.06. The van der Waals surface area contributed by atoms with Crippen LogP contribution in [0.15, 0.2) is 48.5 Å². The molecule has 0 unspecified atom stereocenters. The summed E-state index contributed by atoms with van der Waals surface area (Å²) in [5, 5.41) is 3.34. The average molecular weight is 441 g/mol. The lowest BCUT2D eigenvalue weighted by atomic mass is 10.1. The van der Waals surface area contributed by atoms with Gasteiger partial charge in [-0.1, -0.05) is 29.8 Å². The molecule has 160 valence electrons. The normalized spacial score (nSPS) is 19.0. The Kier molecular flexibility index (Phi) is 6.67. The van der Waals surface area contributed by atoms with Crippen molar-refractivity contribution < 1.29 is 27.5 Å². The van der Waals surface area contributed by atoms with E-state index in [-0.39, 0.29) is 31.2 Å². The lowest BCUT2D eigenvalue weighted by Crippen LogP contribution is -2.45. The van der Waals surface area contributed by atoms with E-state index in [1.54, 1.807) is 24.3 Å². The molecule has 0 aliphatic carbocycles. The van der Waals surface area contributed by atoms with Gasteiger partial charge in [0.1, 0.15) is 6.04 Å². The van der Waals surface area contributed by atoms with E-state index in [0.717, 1.165) is 17.7 Å². The van der Waals surface area contributed by atoms with Crippen molar-refractivity contribution >= 4 is 23.4 Å². The Morgan fingerprint density at radius 1 is 1.20 bits per heavy atom. The minimum Gasteiger partial charge on any atom is -0.380 e. The molecule has 2 aromatic carbocycles. The van der Waals surface area contributed by atoms with Gasteiger partial charge in [0, 0.05) is 37.2 Å². The van der Waals surface area contributed by atoms with Crippen LogP contribution < -0.4 is 5.32 Å². The van der Waals surface area contributed by atoms with Crippen LogP contribution in [0.2, 0.25) is 5.02 Å². The van der Waals surface area contributed by atoms with E-state index >= 15 is 0 Å². The van der Waals surface area contributed by atoms with Crippen molar-refractivity contribution in [3.8, 4) is 0 Å². The van der Waals surface area contributed by atoms with Crippen LogP contribution in [0.4, 0.5) is 13.2 Å². The fourth-order valence-corrected chi connectivity index (χ4v) is 3.47. The number of hydrogen-bond acceptors (Lipinski definition) is 3. The third-order valence-electron chi connectivity index (χ3n) is 4.98. The van der Waals surface area contributed by atoms with Crippen molar-refractivity contribution in [2.75, 3.05) is 13.7 Å². The summed E-state index contributed by atoms with van der Waals surface area (Å²) < 4.78 is 44.3. The number of carbonyl (C=O) groups excluding carboxylic acids is 2. The first kappa shape index (κ1) is 22.1. The molecule has 3 rings (SSSR count). The molecule has 9 heteroatoms. The van der Waals surface area contributed by atoms with E-state index in [1.165, 1.54) is 24.1 Å². The highest BCUT2D eigenvalue weighted by Crippen LogP contribution is 2.30. The molecule has 5 nitrogen and oxygen atoms in total. The number of hydrogen-bond donors (Lipinski definition) is 1. The van der Waals surface area contributed by atoms with Crippen LogP contribution in [0, 0.1) is 0 Å². The smallest absolute Gasteiger partial charge is 0.380 e. The van der Waals surface area contributed by atoms with Crippen molar-refractivity contribution in [1.82, 2.24) is 10.2 Å². The van der Waals surface area contributed by atoms with Gasteiger partial charge in [-0.05, 0) is 35.9 Å². The van der Waals surface area contributed by atoms with Crippen LogP contribution in [0.1, 0.15) is 27.9 Å². The van der Waals surface area contributed by atoms with E-state index in [4.69, 9.17) is 16.3 Å². The minimum atomic E-state index is -4.56. The van der Waals surface area contributed by atoms with Gasteiger partial charge in [-0.2, -0.15) is 13.2 Å². The molecule has 1 aliphatic rings. The molecule has 0 aromatic heterocycles. The Morgan fingerprint density at radius 3 is 2.53 bits per heavy atom. The van der Waals surface area contributed by atoms with E-state index in [9.17, 15) is 22.8 Å². The summed E-state index contributed by atoms with van der Waals surface area (Å²) in [4.78, 5) is 26.9. The van der Waals surface area contributed by atoms with Crippen molar-refractivity contribution in [1.29, 1.82) is 0 Å². The first-order chi connectivity index (χ1) is 14.2. The van der Waals surface area contributed by atoms with Gasteiger partial charge in [0.2, 0.25) is 5.91 Å². The topological polar surface area (TPSA) is 58.6 Å². The molecule has 2 atom stereocenters. The molecular weight excluding hydrogens is 421 g/mol. The number of carbonyl (C=O) groups is 2. The Balaban J connectivity index is 1.75. The molecular formula is C21H20ClF3N2O3. The van der Waals surface area contributed by atoms with Gasteiger partial charge in [-0.3, -0.25) is 9.59 Å². The lowest BCUT2D eigenvalue weighted by Gasteiger charge is -2.24. The van der Waals surface area contributed by atoms with Crippen LogP contribution in [0.25, 0.3) is 0 Å². The Bertz CT molecular complexity index is 918. The number of ether oxygens (including phenoxy) is 1. The zero-order valence-corrected chi connectivity index (χ0v) is 16.8. The van der Waals surface area contributed by atoms with Gasteiger partial charge in [-0.15, -0.1) is 0 Å². The molecule has 1 heterocycles. The molecule has 0 spiro atoms. The average Bonchev–Trinajstić information content (AvgIpc) is 3.17. The summed E-state index contributed by atoms with van der Waals surface area (Å²) in [5.74, 6) is -1.04. The van der Waals surface area contributed by atoms with Crippen LogP contribution in [-0.4, -0.2) is 42.5 Å². The number of nitrogens with one attached hydrogen (secondary N) is 1. The number of nitrogens with zero attached hydrogens (tertiary/aromatic N) is 1.